The molecule has 2 rings (SSSR count). The molecule has 1 saturated heterocycles. The van der Waals surface area contributed by atoms with Crippen molar-refractivity contribution in [3.8, 4) is 5.75 Å². The minimum Gasteiger partial charge on any atom is -0.492 e. The molecule has 0 saturated carbocycles. The number of rotatable bonds is 7. The fraction of sp³-hybridized carbons (Fsp3) is 0.667. The van der Waals surface area contributed by atoms with E-state index < -0.39 is 11.7 Å². The lowest BCUT2D eigenvalue weighted by atomic mass is 10.1. The molecule has 0 amide bonds. The number of ether oxygens (including phenoxy) is 1. The van der Waals surface area contributed by atoms with Crippen LogP contribution in [0.5, 0.6) is 5.75 Å². The predicted molar refractivity (Wildman–Crippen MR) is 88.1 cm³/mol. The van der Waals surface area contributed by atoms with Crippen LogP contribution in [0.3, 0.4) is 0 Å². The Kier molecular flexibility index (Phi) is 6.92. The Bertz CT molecular complexity index is 497. The Hall–Kier alpha value is -1.27. The quantitative estimate of drug-likeness (QED) is 0.753. The lowest BCUT2D eigenvalue weighted by Crippen LogP contribution is -2.47. The third-order valence-electron chi connectivity index (χ3n) is 4.25. The molecule has 1 radical (unpaired) electrons. The fourth-order valence-electron chi connectivity index (χ4n) is 2.67. The van der Waals surface area contributed by atoms with Crippen molar-refractivity contribution in [3.05, 3.63) is 29.8 Å². The Morgan fingerprint density at radius 3 is 2.29 bits per heavy atom. The molecule has 24 heavy (non-hydrogen) atoms. The molecule has 1 aromatic rings. The summed E-state index contributed by atoms with van der Waals surface area (Å²) in [6, 6.07) is 5.89. The highest BCUT2D eigenvalue weighted by Crippen LogP contribution is 2.31. The van der Waals surface area contributed by atoms with Crippen LogP contribution < -0.4 is 4.74 Å². The van der Waals surface area contributed by atoms with Crippen LogP contribution in [0.15, 0.2) is 18.2 Å². The highest BCUT2D eigenvalue weighted by molar-refractivity contribution is 5.29. The van der Waals surface area contributed by atoms with E-state index in [2.05, 4.69) is 29.7 Å². The van der Waals surface area contributed by atoms with Gasteiger partial charge in [-0.3, -0.25) is 4.90 Å². The molecule has 1 aliphatic rings. The van der Waals surface area contributed by atoms with E-state index in [0.29, 0.717) is 6.61 Å². The van der Waals surface area contributed by atoms with Gasteiger partial charge in [0.05, 0.1) is 5.56 Å². The topological polar surface area (TPSA) is 15.7 Å². The van der Waals surface area contributed by atoms with E-state index in [1.807, 2.05) is 0 Å². The molecular formula is C18H26F3N2O. The predicted octanol–water partition coefficient (Wildman–Crippen LogP) is 3.55. The van der Waals surface area contributed by atoms with E-state index >= 15 is 0 Å². The van der Waals surface area contributed by atoms with Crippen LogP contribution in [0.4, 0.5) is 13.2 Å². The van der Waals surface area contributed by atoms with Crippen molar-refractivity contribution in [3.63, 3.8) is 0 Å². The van der Waals surface area contributed by atoms with Crippen LogP contribution in [0.25, 0.3) is 0 Å². The summed E-state index contributed by atoms with van der Waals surface area (Å²) in [6.45, 7) is 10.8. The van der Waals surface area contributed by atoms with Crippen molar-refractivity contribution < 1.29 is 17.9 Å². The van der Waals surface area contributed by atoms with Gasteiger partial charge in [0.25, 0.3) is 0 Å². The van der Waals surface area contributed by atoms with Crippen molar-refractivity contribution in [1.82, 2.24) is 9.80 Å². The van der Waals surface area contributed by atoms with E-state index in [1.54, 1.807) is 0 Å². The number of alkyl halides is 3. The molecule has 0 unspecified atom stereocenters. The molecule has 0 spiro atoms. The maximum absolute atomic E-state index is 12.6. The van der Waals surface area contributed by atoms with E-state index in [9.17, 15) is 13.2 Å². The van der Waals surface area contributed by atoms with Crippen LogP contribution in [0.2, 0.25) is 0 Å². The summed E-state index contributed by atoms with van der Waals surface area (Å²) < 4.78 is 43.4. The second kappa shape index (κ2) is 8.72. The van der Waals surface area contributed by atoms with Crippen molar-refractivity contribution in [2.45, 2.75) is 26.4 Å². The van der Waals surface area contributed by atoms with Crippen LogP contribution in [-0.4, -0.2) is 55.7 Å². The molecular weight excluding hydrogens is 317 g/mol. The van der Waals surface area contributed by atoms with E-state index in [1.165, 1.54) is 12.5 Å². The van der Waals surface area contributed by atoms with Gasteiger partial charge in [0, 0.05) is 32.7 Å². The van der Waals surface area contributed by atoms with Gasteiger partial charge in [0.1, 0.15) is 12.4 Å². The summed E-state index contributed by atoms with van der Waals surface area (Å²) in [5.41, 5.74) is -0.723. The summed E-state index contributed by atoms with van der Waals surface area (Å²) in [6.07, 6.45) is -3.14. The van der Waals surface area contributed by atoms with Crippen molar-refractivity contribution in [1.29, 1.82) is 0 Å². The van der Waals surface area contributed by atoms with Gasteiger partial charge in [0.15, 0.2) is 0 Å². The van der Waals surface area contributed by atoms with Gasteiger partial charge < -0.3 is 9.64 Å². The zero-order chi connectivity index (χ0) is 17.6. The normalized spacial score (nSPS) is 17.4. The monoisotopic (exact) mass is 343 g/mol. The Labute approximate surface area is 142 Å². The lowest BCUT2D eigenvalue weighted by molar-refractivity contribution is -0.137. The number of nitrogens with zero attached hydrogens (tertiary/aromatic N) is 2. The molecule has 6 heteroatoms. The van der Waals surface area contributed by atoms with Crippen LogP contribution in [-0.2, 0) is 6.18 Å². The summed E-state index contributed by atoms with van der Waals surface area (Å²) in [4.78, 5) is 4.77. The first kappa shape index (κ1) is 19.1. The van der Waals surface area contributed by atoms with Gasteiger partial charge in [-0.1, -0.05) is 13.8 Å². The highest BCUT2D eigenvalue weighted by Gasteiger charge is 2.30. The molecule has 0 aromatic heterocycles. The maximum atomic E-state index is 12.6. The van der Waals surface area contributed by atoms with Crippen molar-refractivity contribution in [2.24, 2.45) is 5.92 Å². The number of benzene rings is 1. The molecule has 1 aromatic carbocycles. The van der Waals surface area contributed by atoms with Crippen LogP contribution >= 0.6 is 0 Å². The van der Waals surface area contributed by atoms with Gasteiger partial charge in [-0.2, -0.15) is 13.2 Å². The zero-order valence-electron chi connectivity index (χ0n) is 14.4. The third-order valence-corrected chi connectivity index (χ3v) is 4.25. The zero-order valence-corrected chi connectivity index (χ0v) is 14.4. The molecule has 0 aliphatic carbocycles. The maximum Gasteiger partial charge on any atom is 0.416 e. The minimum absolute atomic E-state index is 0.223. The molecule has 1 aliphatic heterocycles. The minimum atomic E-state index is -4.36. The van der Waals surface area contributed by atoms with Gasteiger partial charge >= 0.3 is 6.18 Å². The van der Waals surface area contributed by atoms with Crippen LogP contribution in [0, 0.1) is 12.0 Å². The lowest BCUT2D eigenvalue weighted by Gasteiger charge is -2.34. The van der Waals surface area contributed by atoms with Gasteiger partial charge in [-0.05, 0) is 43.1 Å². The summed E-state index contributed by atoms with van der Waals surface area (Å²) >= 11 is 0. The first-order chi connectivity index (χ1) is 11.3. The average Bonchev–Trinajstić information content (AvgIpc) is 2.53. The standard InChI is InChI=1S/C18H26F3N2O/c1-15(2)6-7-22-8-10-23(11-9-22)12-13-24-17-5-3-4-16(14-17)18(19,20)21/h4-5,14-15H,6-13H2,1-2H3. The summed E-state index contributed by atoms with van der Waals surface area (Å²) in [5.74, 6) is 0.945. The van der Waals surface area contributed by atoms with Crippen LogP contribution in [0.1, 0.15) is 25.8 Å². The molecule has 3 nitrogen and oxygen atoms in total. The number of piperazine rings is 1. The number of hydrogen-bond acceptors (Lipinski definition) is 3. The molecule has 135 valence electrons. The van der Waals surface area contributed by atoms with Crippen molar-refractivity contribution in [2.75, 3.05) is 45.9 Å². The van der Waals surface area contributed by atoms with E-state index in [4.69, 9.17) is 4.74 Å². The van der Waals surface area contributed by atoms with E-state index in [-0.39, 0.29) is 5.75 Å². The second-order valence-corrected chi connectivity index (χ2v) is 6.67. The van der Waals surface area contributed by atoms with E-state index in [0.717, 1.165) is 57.3 Å². The van der Waals surface area contributed by atoms with Gasteiger partial charge in [-0.15, -0.1) is 0 Å². The molecule has 0 N–H and O–H groups in total. The third kappa shape index (κ3) is 6.32. The Morgan fingerprint density at radius 1 is 1.08 bits per heavy atom. The fourth-order valence-corrected chi connectivity index (χ4v) is 2.67. The molecule has 1 heterocycles. The second-order valence-electron chi connectivity index (χ2n) is 6.67. The van der Waals surface area contributed by atoms with Gasteiger partial charge in [-0.25, -0.2) is 0 Å². The largest absolute Gasteiger partial charge is 0.492 e. The number of hydrogen-bond donors (Lipinski definition) is 0. The Balaban J connectivity index is 1.68. The van der Waals surface area contributed by atoms with Crippen molar-refractivity contribution >= 4 is 0 Å². The summed E-state index contributed by atoms with van der Waals surface area (Å²) in [7, 11) is 0. The molecule has 0 bridgehead atoms. The average molecular weight is 343 g/mol. The summed E-state index contributed by atoms with van der Waals surface area (Å²) in [5, 5.41) is 0. The molecule has 0 atom stereocenters. The first-order valence-electron chi connectivity index (χ1n) is 8.50. The highest BCUT2D eigenvalue weighted by atomic mass is 19.4. The molecule has 1 fully saturated rings. The Morgan fingerprint density at radius 2 is 1.71 bits per heavy atom. The van der Waals surface area contributed by atoms with Gasteiger partial charge in [0.2, 0.25) is 0 Å². The number of halogens is 3. The smallest absolute Gasteiger partial charge is 0.416 e. The SMILES string of the molecule is CC(C)CCN1CCN(CCOc2c[c]cc(C(F)(F)F)c2)CC1. The first-order valence-corrected chi connectivity index (χ1v) is 8.50.